The van der Waals surface area contributed by atoms with Crippen LogP contribution in [0.3, 0.4) is 0 Å². The van der Waals surface area contributed by atoms with Gasteiger partial charge in [0.05, 0.1) is 11.5 Å². The zero-order valence-corrected chi connectivity index (χ0v) is 23.7. The van der Waals surface area contributed by atoms with Crippen molar-refractivity contribution in [1.82, 2.24) is 24.8 Å². The molecule has 3 atom stereocenters. The Labute approximate surface area is 240 Å². The van der Waals surface area contributed by atoms with Gasteiger partial charge in [0.25, 0.3) is 0 Å². The van der Waals surface area contributed by atoms with Gasteiger partial charge in [0.1, 0.15) is 17.3 Å². The fraction of sp³-hybridized carbons (Fsp3) is 0.419. The molecule has 0 unspecified atom stereocenters. The fourth-order valence-corrected chi connectivity index (χ4v) is 6.08. The molecule has 4 aromatic rings. The third kappa shape index (κ3) is 6.63. The van der Waals surface area contributed by atoms with Crippen LogP contribution in [-0.4, -0.2) is 63.4 Å². The number of hydrogen-bond donors (Lipinski definition) is 3. The molecule has 2 aromatic heterocycles. The maximum absolute atomic E-state index is 13.1. The molecule has 1 aliphatic carbocycles. The number of aliphatic hydroxyl groups excluding tert-OH is 1. The second-order valence-electron chi connectivity index (χ2n) is 10.7. The third-order valence-electron chi connectivity index (χ3n) is 8.05. The Morgan fingerprint density at radius 3 is 2.62 bits per heavy atom. The first kappa shape index (κ1) is 28.5. The number of aliphatic hydroxyl groups is 1. The van der Waals surface area contributed by atoms with Crippen molar-refractivity contribution in [2.24, 2.45) is 5.92 Å². The van der Waals surface area contributed by atoms with Gasteiger partial charge in [-0.2, -0.15) is 4.98 Å². The highest BCUT2D eigenvalue weighted by Crippen LogP contribution is 2.41. The molecule has 5 rings (SSSR count). The van der Waals surface area contributed by atoms with E-state index in [0.717, 1.165) is 74.1 Å². The largest absolute Gasteiger partial charge is 0.393 e. The van der Waals surface area contributed by atoms with Crippen LogP contribution < -0.4 is 11.1 Å². The van der Waals surface area contributed by atoms with Gasteiger partial charge < -0.3 is 25.6 Å². The summed E-state index contributed by atoms with van der Waals surface area (Å²) in [6, 6.07) is 16.9. The van der Waals surface area contributed by atoms with E-state index in [1.54, 1.807) is 0 Å². The lowest BCUT2D eigenvalue weighted by atomic mass is 10.0. The molecule has 4 N–H and O–H groups in total. The minimum atomic E-state index is -0.389. The first-order valence-corrected chi connectivity index (χ1v) is 14.5. The summed E-state index contributed by atoms with van der Waals surface area (Å²) in [5.41, 5.74) is 10.2. The van der Waals surface area contributed by atoms with Gasteiger partial charge in [0, 0.05) is 24.3 Å². The smallest absolute Gasteiger partial charge is 0.226 e. The van der Waals surface area contributed by atoms with Crippen LogP contribution >= 0.6 is 11.6 Å². The van der Waals surface area contributed by atoms with E-state index in [2.05, 4.69) is 50.0 Å². The highest BCUT2D eigenvalue weighted by molar-refractivity contribution is 6.29. The van der Waals surface area contributed by atoms with Gasteiger partial charge in [-0.05, 0) is 92.6 Å². The lowest BCUT2D eigenvalue weighted by Crippen LogP contribution is -2.34. The summed E-state index contributed by atoms with van der Waals surface area (Å²) in [5, 5.41) is 15.5. The van der Waals surface area contributed by atoms with E-state index in [1.165, 1.54) is 12.1 Å². The van der Waals surface area contributed by atoms with Crippen molar-refractivity contribution in [2.75, 3.05) is 38.5 Å². The molecule has 1 fully saturated rings. The number of anilines is 1. The van der Waals surface area contributed by atoms with Crippen molar-refractivity contribution in [3.8, 4) is 11.1 Å². The fourth-order valence-electron chi connectivity index (χ4n) is 5.91. The summed E-state index contributed by atoms with van der Waals surface area (Å²) < 4.78 is 15.2. The van der Waals surface area contributed by atoms with Crippen LogP contribution in [0.25, 0.3) is 22.2 Å². The van der Waals surface area contributed by atoms with Crippen molar-refractivity contribution in [1.29, 1.82) is 0 Å². The first-order valence-electron chi connectivity index (χ1n) is 14.2. The molecule has 0 bridgehead atoms. The predicted octanol–water partition coefficient (Wildman–Crippen LogP) is 5.33. The standard InChI is InChI=1S/C31H38ClFN6O/c1-2-38(16-6-14-35-15-13-21-9-11-24(33)12-10-21)19-23-17-25(18-27(23)40)39-20-26(22-7-4-3-5-8-22)28-29(34)36-31(32)37-30(28)39/h3-5,7-12,20,23,25,27,35,40H,2,6,13-19H2,1H3,(H2,34,36,37)/t23-,25-,27+/m1/s1. The molecule has 0 aliphatic heterocycles. The quantitative estimate of drug-likeness (QED) is 0.159. The Kier molecular flexibility index (Phi) is 9.32. The lowest BCUT2D eigenvalue weighted by Gasteiger charge is -2.26. The van der Waals surface area contributed by atoms with Crippen LogP contribution in [0.2, 0.25) is 5.28 Å². The van der Waals surface area contributed by atoms with Crippen molar-refractivity contribution in [2.45, 2.75) is 44.8 Å². The van der Waals surface area contributed by atoms with Gasteiger partial charge in [0.2, 0.25) is 5.28 Å². The van der Waals surface area contributed by atoms with E-state index in [-0.39, 0.29) is 29.2 Å². The van der Waals surface area contributed by atoms with Crippen molar-refractivity contribution in [3.63, 3.8) is 0 Å². The number of nitrogen functional groups attached to an aromatic ring is 1. The Balaban J connectivity index is 1.19. The third-order valence-corrected chi connectivity index (χ3v) is 8.22. The van der Waals surface area contributed by atoms with Gasteiger partial charge in [0.15, 0.2) is 0 Å². The number of fused-ring (bicyclic) bond motifs is 1. The summed E-state index contributed by atoms with van der Waals surface area (Å²) in [6.07, 6.45) is 5.13. The molecule has 0 amide bonds. The number of nitrogens with two attached hydrogens (primary N) is 1. The van der Waals surface area contributed by atoms with Gasteiger partial charge in [-0.25, -0.2) is 9.37 Å². The Morgan fingerprint density at radius 2 is 1.88 bits per heavy atom. The number of nitrogens with one attached hydrogen (secondary N) is 1. The molecule has 0 saturated heterocycles. The van der Waals surface area contributed by atoms with E-state index in [9.17, 15) is 9.50 Å². The van der Waals surface area contributed by atoms with E-state index in [4.69, 9.17) is 17.3 Å². The zero-order valence-electron chi connectivity index (χ0n) is 22.9. The first-order chi connectivity index (χ1) is 19.4. The number of hydrogen-bond acceptors (Lipinski definition) is 6. The van der Waals surface area contributed by atoms with E-state index >= 15 is 0 Å². The number of nitrogens with zero attached hydrogens (tertiary/aromatic N) is 4. The number of benzene rings is 2. The Hall–Kier alpha value is -3.04. The van der Waals surface area contributed by atoms with Gasteiger partial charge in [-0.15, -0.1) is 0 Å². The monoisotopic (exact) mass is 564 g/mol. The molecule has 40 heavy (non-hydrogen) atoms. The van der Waals surface area contributed by atoms with Crippen LogP contribution in [-0.2, 0) is 6.42 Å². The van der Waals surface area contributed by atoms with Gasteiger partial charge in [-0.1, -0.05) is 49.4 Å². The highest BCUT2D eigenvalue weighted by atomic mass is 35.5. The van der Waals surface area contributed by atoms with Crippen LogP contribution in [0.5, 0.6) is 0 Å². The summed E-state index contributed by atoms with van der Waals surface area (Å²) in [6.45, 7) is 6.73. The second-order valence-corrected chi connectivity index (χ2v) is 11.1. The molecule has 1 aliphatic rings. The number of aromatic nitrogens is 3. The molecular formula is C31H38ClFN6O. The highest BCUT2D eigenvalue weighted by Gasteiger charge is 2.36. The lowest BCUT2D eigenvalue weighted by molar-refractivity contribution is 0.103. The molecule has 0 radical (unpaired) electrons. The topological polar surface area (TPSA) is 92.2 Å². The molecule has 2 aromatic carbocycles. The molecule has 212 valence electrons. The van der Waals surface area contributed by atoms with Crippen LogP contribution in [0.15, 0.2) is 60.8 Å². The van der Waals surface area contributed by atoms with Crippen LogP contribution in [0.1, 0.15) is 37.8 Å². The van der Waals surface area contributed by atoms with Gasteiger partial charge in [-0.3, -0.25) is 0 Å². The van der Waals surface area contributed by atoms with Crippen molar-refractivity contribution < 1.29 is 9.50 Å². The maximum Gasteiger partial charge on any atom is 0.226 e. The molecular weight excluding hydrogens is 527 g/mol. The number of rotatable bonds is 12. The predicted molar refractivity (Wildman–Crippen MR) is 160 cm³/mol. The van der Waals surface area contributed by atoms with E-state index in [1.807, 2.05) is 30.3 Å². The van der Waals surface area contributed by atoms with E-state index in [0.29, 0.717) is 17.9 Å². The normalized spacial score (nSPS) is 19.2. The molecule has 0 spiro atoms. The molecule has 9 heteroatoms. The van der Waals surface area contributed by atoms with Crippen molar-refractivity contribution >= 4 is 28.5 Å². The summed E-state index contributed by atoms with van der Waals surface area (Å²) in [7, 11) is 0. The Morgan fingerprint density at radius 1 is 1.10 bits per heavy atom. The summed E-state index contributed by atoms with van der Waals surface area (Å²) >= 11 is 6.23. The summed E-state index contributed by atoms with van der Waals surface area (Å²) in [5.74, 6) is 0.339. The van der Waals surface area contributed by atoms with Gasteiger partial charge >= 0.3 is 0 Å². The molecule has 1 saturated carbocycles. The van der Waals surface area contributed by atoms with Crippen molar-refractivity contribution in [3.05, 3.63) is 77.5 Å². The maximum atomic E-state index is 13.1. The van der Waals surface area contributed by atoms with Crippen LogP contribution in [0, 0.1) is 11.7 Å². The summed E-state index contributed by atoms with van der Waals surface area (Å²) in [4.78, 5) is 11.2. The second kappa shape index (κ2) is 13.1. The molecule has 7 nitrogen and oxygen atoms in total. The average molecular weight is 565 g/mol. The Bertz CT molecular complexity index is 1400. The van der Waals surface area contributed by atoms with E-state index < -0.39 is 0 Å². The zero-order chi connectivity index (χ0) is 28.1. The average Bonchev–Trinajstić information content (AvgIpc) is 3.51. The minimum Gasteiger partial charge on any atom is -0.393 e. The van der Waals surface area contributed by atoms with Crippen LogP contribution in [0.4, 0.5) is 10.2 Å². The molecule has 2 heterocycles. The number of halogens is 2. The minimum absolute atomic E-state index is 0.0946. The SMILES string of the molecule is CCN(CCCNCCc1ccc(F)cc1)C[C@H]1C[C@@H](n2cc(-c3ccccc3)c3c(N)nc(Cl)nc32)C[C@@H]1O.